The number of ether oxygens (including phenoxy) is 2. The van der Waals surface area contributed by atoms with Crippen LogP contribution in [0.25, 0.3) is 0 Å². The van der Waals surface area contributed by atoms with Crippen LogP contribution in [0, 0.1) is 6.92 Å². The van der Waals surface area contributed by atoms with Gasteiger partial charge in [-0.15, -0.1) is 0 Å². The molecule has 3 nitrogen and oxygen atoms in total. The Hall–Kier alpha value is -1.06. The molecule has 1 aromatic carbocycles. The highest BCUT2D eigenvalue weighted by Gasteiger charge is 2.13. The third-order valence-electron chi connectivity index (χ3n) is 2.43. The summed E-state index contributed by atoms with van der Waals surface area (Å²) in [6.45, 7) is 5.29. The van der Waals surface area contributed by atoms with Gasteiger partial charge in [0, 0.05) is 13.1 Å². The van der Waals surface area contributed by atoms with Crippen molar-refractivity contribution in [3.63, 3.8) is 0 Å². The van der Waals surface area contributed by atoms with Gasteiger partial charge in [-0.1, -0.05) is 12.1 Å². The number of morpholine rings is 1. The second kappa shape index (κ2) is 5.14. The summed E-state index contributed by atoms with van der Waals surface area (Å²) in [4.78, 5) is 0. The van der Waals surface area contributed by atoms with Crippen LogP contribution in [0.2, 0.25) is 0 Å². The summed E-state index contributed by atoms with van der Waals surface area (Å²) in [6.07, 6.45) is 0.180. The van der Waals surface area contributed by atoms with Crippen molar-refractivity contribution in [2.45, 2.75) is 13.0 Å². The normalized spacial score (nSPS) is 21.3. The maximum absolute atomic E-state index is 5.66. The average Bonchev–Trinajstić information content (AvgIpc) is 2.28. The van der Waals surface area contributed by atoms with E-state index in [-0.39, 0.29) is 6.10 Å². The second-order valence-corrected chi connectivity index (χ2v) is 3.82. The molecule has 0 unspecified atom stereocenters. The third-order valence-corrected chi connectivity index (χ3v) is 2.43. The van der Waals surface area contributed by atoms with E-state index in [1.165, 1.54) is 5.56 Å². The molecule has 0 bridgehead atoms. The lowest BCUT2D eigenvalue weighted by Gasteiger charge is -2.23. The van der Waals surface area contributed by atoms with Crippen LogP contribution in [0.3, 0.4) is 0 Å². The fraction of sp³-hybridized carbons (Fsp3) is 0.500. The van der Waals surface area contributed by atoms with Crippen LogP contribution < -0.4 is 10.1 Å². The predicted octanol–water partition coefficient (Wildman–Crippen LogP) is 1.36. The molecule has 0 amide bonds. The largest absolute Gasteiger partial charge is 0.491 e. The lowest BCUT2D eigenvalue weighted by molar-refractivity contribution is 0.000185. The van der Waals surface area contributed by atoms with Gasteiger partial charge in [-0.2, -0.15) is 0 Å². The van der Waals surface area contributed by atoms with E-state index in [2.05, 4.69) is 18.3 Å². The fourth-order valence-corrected chi connectivity index (χ4v) is 1.62. The van der Waals surface area contributed by atoms with Gasteiger partial charge in [0.05, 0.1) is 6.61 Å². The topological polar surface area (TPSA) is 30.5 Å². The van der Waals surface area contributed by atoms with E-state index in [0.29, 0.717) is 6.61 Å². The van der Waals surface area contributed by atoms with Crippen LogP contribution in [0.15, 0.2) is 24.3 Å². The molecule has 1 fully saturated rings. The van der Waals surface area contributed by atoms with Crippen LogP contribution in [0.4, 0.5) is 0 Å². The molecule has 0 aliphatic carbocycles. The van der Waals surface area contributed by atoms with E-state index >= 15 is 0 Å². The molecule has 0 saturated carbocycles. The zero-order chi connectivity index (χ0) is 10.5. The van der Waals surface area contributed by atoms with Gasteiger partial charge in [0.25, 0.3) is 0 Å². The van der Waals surface area contributed by atoms with E-state index in [4.69, 9.17) is 9.47 Å². The molecule has 1 heterocycles. The highest BCUT2D eigenvalue weighted by atomic mass is 16.5. The first-order valence-corrected chi connectivity index (χ1v) is 5.36. The second-order valence-electron chi connectivity index (χ2n) is 3.82. The highest BCUT2D eigenvalue weighted by Crippen LogP contribution is 2.13. The number of hydrogen-bond donors (Lipinski definition) is 1. The lowest BCUT2D eigenvalue weighted by Crippen LogP contribution is -2.41. The number of nitrogens with one attached hydrogen (secondary N) is 1. The molecule has 2 rings (SSSR count). The molecule has 82 valence electrons. The van der Waals surface area contributed by atoms with Crippen molar-refractivity contribution in [2.75, 3.05) is 26.3 Å². The molecular formula is C12H17NO2. The Morgan fingerprint density at radius 2 is 2.47 bits per heavy atom. The molecule has 0 aromatic heterocycles. The summed E-state index contributed by atoms with van der Waals surface area (Å²) < 4.78 is 11.2. The minimum absolute atomic E-state index is 0.180. The maximum Gasteiger partial charge on any atom is 0.119 e. The molecule has 15 heavy (non-hydrogen) atoms. The van der Waals surface area contributed by atoms with Gasteiger partial charge in [-0.3, -0.25) is 0 Å². The number of benzene rings is 1. The van der Waals surface area contributed by atoms with Crippen molar-refractivity contribution in [1.29, 1.82) is 0 Å². The maximum atomic E-state index is 5.66. The monoisotopic (exact) mass is 207 g/mol. The van der Waals surface area contributed by atoms with Crippen molar-refractivity contribution in [3.05, 3.63) is 29.8 Å². The van der Waals surface area contributed by atoms with Crippen molar-refractivity contribution in [3.8, 4) is 5.75 Å². The number of hydrogen-bond acceptors (Lipinski definition) is 3. The van der Waals surface area contributed by atoms with Crippen LogP contribution in [0.5, 0.6) is 5.75 Å². The lowest BCUT2D eigenvalue weighted by atomic mass is 10.2. The first-order valence-electron chi connectivity index (χ1n) is 5.36. The van der Waals surface area contributed by atoms with E-state index in [1.54, 1.807) is 0 Å². The molecule has 1 aliphatic rings. The van der Waals surface area contributed by atoms with Crippen LogP contribution in [-0.2, 0) is 4.74 Å². The minimum Gasteiger partial charge on any atom is -0.491 e. The Labute approximate surface area is 90.4 Å². The molecule has 1 saturated heterocycles. The number of aryl methyl sites for hydroxylation is 1. The van der Waals surface area contributed by atoms with Crippen LogP contribution in [0.1, 0.15) is 5.56 Å². The molecule has 1 N–H and O–H groups in total. The average molecular weight is 207 g/mol. The predicted molar refractivity (Wildman–Crippen MR) is 59.3 cm³/mol. The molecule has 1 atom stereocenters. The Balaban J connectivity index is 1.81. The molecule has 3 heteroatoms. The minimum atomic E-state index is 0.180. The Morgan fingerprint density at radius 3 is 3.20 bits per heavy atom. The molecule has 0 radical (unpaired) electrons. The van der Waals surface area contributed by atoms with Gasteiger partial charge in [0.2, 0.25) is 0 Å². The number of rotatable bonds is 3. The zero-order valence-electron chi connectivity index (χ0n) is 9.03. The summed E-state index contributed by atoms with van der Waals surface area (Å²) in [5, 5.41) is 3.28. The van der Waals surface area contributed by atoms with Crippen molar-refractivity contribution >= 4 is 0 Å². The standard InChI is InChI=1S/C12H17NO2/c1-10-3-2-4-11(7-10)15-9-12-8-13-5-6-14-12/h2-4,7,12-13H,5-6,8-9H2,1H3/t12-/m1/s1. The SMILES string of the molecule is Cc1cccc(OC[C@H]2CNCCO2)c1. The summed E-state index contributed by atoms with van der Waals surface area (Å²) in [6, 6.07) is 8.08. The van der Waals surface area contributed by atoms with Gasteiger partial charge in [0.1, 0.15) is 18.5 Å². The summed E-state index contributed by atoms with van der Waals surface area (Å²) in [5.74, 6) is 0.921. The van der Waals surface area contributed by atoms with Crippen molar-refractivity contribution in [1.82, 2.24) is 5.32 Å². The van der Waals surface area contributed by atoms with E-state index in [1.807, 2.05) is 18.2 Å². The zero-order valence-corrected chi connectivity index (χ0v) is 9.03. The van der Waals surface area contributed by atoms with E-state index < -0.39 is 0 Å². The molecule has 0 spiro atoms. The van der Waals surface area contributed by atoms with Gasteiger partial charge in [-0.25, -0.2) is 0 Å². The van der Waals surface area contributed by atoms with E-state index in [9.17, 15) is 0 Å². The fourth-order valence-electron chi connectivity index (χ4n) is 1.62. The quantitative estimate of drug-likeness (QED) is 0.812. The first-order chi connectivity index (χ1) is 7.34. The van der Waals surface area contributed by atoms with Gasteiger partial charge in [0.15, 0.2) is 0 Å². The van der Waals surface area contributed by atoms with Gasteiger partial charge >= 0.3 is 0 Å². The summed E-state index contributed by atoms with van der Waals surface area (Å²) >= 11 is 0. The molecular weight excluding hydrogens is 190 g/mol. The van der Waals surface area contributed by atoms with E-state index in [0.717, 1.165) is 25.4 Å². The summed E-state index contributed by atoms with van der Waals surface area (Å²) in [5.41, 5.74) is 1.22. The third kappa shape index (κ3) is 3.22. The van der Waals surface area contributed by atoms with Crippen molar-refractivity contribution < 1.29 is 9.47 Å². The molecule has 1 aliphatic heterocycles. The first kappa shape index (κ1) is 10.5. The van der Waals surface area contributed by atoms with Crippen LogP contribution in [-0.4, -0.2) is 32.4 Å². The molecule has 1 aromatic rings. The van der Waals surface area contributed by atoms with Gasteiger partial charge < -0.3 is 14.8 Å². The Kier molecular flexibility index (Phi) is 3.59. The Bertz CT molecular complexity index is 308. The Morgan fingerprint density at radius 1 is 1.53 bits per heavy atom. The summed E-state index contributed by atoms with van der Waals surface area (Å²) in [7, 11) is 0. The highest BCUT2D eigenvalue weighted by molar-refractivity contribution is 5.27. The van der Waals surface area contributed by atoms with Gasteiger partial charge in [-0.05, 0) is 24.6 Å². The smallest absolute Gasteiger partial charge is 0.119 e. The van der Waals surface area contributed by atoms with Crippen LogP contribution >= 0.6 is 0 Å². The van der Waals surface area contributed by atoms with Crippen molar-refractivity contribution in [2.24, 2.45) is 0 Å².